The zero-order valence-electron chi connectivity index (χ0n) is 14.8. The van der Waals surface area contributed by atoms with E-state index in [-0.39, 0.29) is 11.4 Å². The summed E-state index contributed by atoms with van der Waals surface area (Å²) in [6.45, 7) is 0. The van der Waals surface area contributed by atoms with E-state index in [1.165, 1.54) is 18.2 Å². The number of hydrogen-bond donors (Lipinski definition) is 1. The molecule has 0 saturated heterocycles. The van der Waals surface area contributed by atoms with Crippen molar-refractivity contribution < 1.29 is 9.18 Å². The molecular formula is C23H16ClFN2O. The number of carbonyl (C=O) groups is 1. The maximum absolute atomic E-state index is 13.5. The maximum Gasteiger partial charge on any atom is 0.266 e. The summed E-state index contributed by atoms with van der Waals surface area (Å²) in [5, 5.41) is 12.6. The summed E-state index contributed by atoms with van der Waals surface area (Å²) in [7, 11) is 0. The molecule has 1 amide bonds. The number of para-hydroxylation sites is 1. The van der Waals surface area contributed by atoms with Crippen LogP contribution in [-0.2, 0) is 11.2 Å². The second-order valence-electron chi connectivity index (χ2n) is 6.14. The Hall–Kier alpha value is -3.42. The molecule has 0 aliphatic heterocycles. The fraction of sp³-hybridized carbons (Fsp3) is 0.0435. The van der Waals surface area contributed by atoms with Gasteiger partial charge in [-0.25, -0.2) is 4.39 Å². The van der Waals surface area contributed by atoms with E-state index in [0.717, 1.165) is 11.1 Å². The molecule has 0 atom stereocenters. The minimum Gasteiger partial charge on any atom is -0.321 e. The normalized spacial score (nSPS) is 11.0. The Labute approximate surface area is 167 Å². The highest BCUT2D eigenvalue weighted by Gasteiger charge is 2.12. The van der Waals surface area contributed by atoms with Crippen LogP contribution in [0.25, 0.3) is 6.08 Å². The van der Waals surface area contributed by atoms with Gasteiger partial charge in [0.2, 0.25) is 0 Å². The van der Waals surface area contributed by atoms with E-state index in [1.54, 1.807) is 42.5 Å². The van der Waals surface area contributed by atoms with Crippen molar-refractivity contribution in [2.24, 2.45) is 0 Å². The van der Waals surface area contributed by atoms with Crippen LogP contribution in [0.4, 0.5) is 10.1 Å². The smallest absolute Gasteiger partial charge is 0.266 e. The Morgan fingerprint density at radius 2 is 1.86 bits per heavy atom. The zero-order chi connectivity index (χ0) is 19.9. The summed E-state index contributed by atoms with van der Waals surface area (Å²) in [4.78, 5) is 12.5. The van der Waals surface area contributed by atoms with Gasteiger partial charge in [0.25, 0.3) is 5.91 Å². The highest BCUT2D eigenvalue weighted by atomic mass is 35.5. The fourth-order valence-corrected chi connectivity index (χ4v) is 2.93. The van der Waals surface area contributed by atoms with Crippen molar-refractivity contribution in [3.05, 3.63) is 106 Å². The van der Waals surface area contributed by atoms with Crippen LogP contribution in [0.2, 0.25) is 5.02 Å². The lowest BCUT2D eigenvalue weighted by atomic mass is 9.98. The van der Waals surface area contributed by atoms with Crippen molar-refractivity contribution in [2.75, 3.05) is 5.32 Å². The van der Waals surface area contributed by atoms with Crippen LogP contribution >= 0.6 is 11.6 Å². The van der Waals surface area contributed by atoms with Gasteiger partial charge in [-0.1, -0.05) is 48.0 Å². The fourth-order valence-electron chi connectivity index (χ4n) is 2.75. The number of anilines is 1. The van der Waals surface area contributed by atoms with Crippen LogP contribution < -0.4 is 5.32 Å². The second-order valence-corrected chi connectivity index (χ2v) is 6.58. The molecule has 0 radical (unpaired) electrons. The minimum absolute atomic E-state index is 0.0494. The topological polar surface area (TPSA) is 52.9 Å². The molecule has 0 aromatic heterocycles. The predicted molar refractivity (Wildman–Crippen MR) is 109 cm³/mol. The first kappa shape index (κ1) is 19.3. The van der Waals surface area contributed by atoms with Gasteiger partial charge in [-0.05, 0) is 65.6 Å². The van der Waals surface area contributed by atoms with Gasteiger partial charge in [-0.3, -0.25) is 4.79 Å². The van der Waals surface area contributed by atoms with E-state index in [0.29, 0.717) is 22.7 Å². The molecule has 0 heterocycles. The van der Waals surface area contributed by atoms with Crippen molar-refractivity contribution in [1.82, 2.24) is 0 Å². The van der Waals surface area contributed by atoms with Gasteiger partial charge < -0.3 is 5.32 Å². The van der Waals surface area contributed by atoms with Crippen LogP contribution in [0.3, 0.4) is 0 Å². The lowest BCUT2D eigenvalue weighted by Crippen LogP contribution is -2.13. The molecule has 5 heteroatoms. The second kappa shape index (κ2) is 8.98. The van der Waals surface area contributed by atoms with Crippen LogP contribution in [0.1, 0.15) is 16.7 Å². The monoisotopic (exact) mass is 390 g/mol. The average molecular weight is 391 g/mol. The van der Waals surface area contributed by atoms with Crippen molar-refractivity contribution in [3.8, 4) is 6.07 Å². The summed E-state index contributed by atoms with van der Waals surface area (Å²) in [6, 6.07) is 22.3. The van der Waals surface area contributed by atoms with E-state index in [9.17, 15) is 14.4 Å². The molecule has 3 rings (SSSR count). The Kier molecular flexibility index (Phi) is 6.21. The van der Waals surface area contributed by atoms with Gasteiger partial charge in [0.1, 0.15) is 17.5 Å². The Balaban J connectivity index is 1.91. The average Bonchev–Trinajstić information content (AvgIpc) is 2.68. The van der Waals surface area contributed by atoms with Gasteiger partial charge in [-0.2, -0.15) is 5.26 Å². The van der Waals surface area contributed by atoms with Gasteiger partial charge in [0.05, 0.1) is 0 Å². The molecule has 28 heavy (non-hydrogen) atoms. The lowest BCUT2D eigenvalue weighted by Gasteiger charge is -2.09. The molecule has 0 aliphatic rings. The number of amides is 1. The Morgan fingerprint density at radius 1 is 1.07 bits per heavy atom. The number of carbonyl (C=O) groups excluding carboxylic acids is 1. The van der Waals surface area contributed by atoms with Gasteiger partial charge in [0.15, 0.2) is 0 Å². The predicted octanol–water partition coefficient (Wildman–Crippen LogP) is 5.62. The number of rotatable bonds is 5. The van der Waals surface area contributed by atoms with Crippen molar-refractivity contribution >= 4 is 29.3 Å². The third-order valence-electron chi connectivity index (χ3n) is 4.09. The molecule has 3 aromatic carbocycles. The molecule has 0 unspecified atom stereocenters. The van der Waals surface area contributed by atoms with E-state index >= 15 is 0 Å². The standard InChI is InChI=1S/C23H16ClFN2O/c24-20-10-9-17(11-16-5-4-6-21(25)12-16)18(14-20)13-19(15-26)23(28)27-22-7-2-1-3-8-22/h1-10,12-14H,11H2,(H,27,28)/b19-13+. The molecule has 138 valence electrons. The quantitative estimate of drug-likeness (QED) is 0.454. The van der Waals surface area contributed by atoms with Crippen LogP contribution in [0, 0.1) is 17.1 Å². The van der Waals surface area contributed by atoms with Crippen molar-refractivity contribution in [3.63, 3.8) is 0 Å². The van der Waals surface area contributed by atoms with E-state index in [1.807, 2.05) is 24.3 Å². The molecule has 0 fully saturated rings. The molecule has 0 spiro atoms. The lowest BCUT2D eigenvalue weighted by molar-refractivity contribution is -0.112. The maximum atomic E-state index is 13.5. The summed E-state index contributed by atoms with van der Waals surface area (Å²) >= 11 is 6.11. The summed E-state index contributed by atoms with van der Waals surface area (Å²) in [6.07, 6.45) is 1.94. The number of nitrogens with zero attached hydrogens (tertiary/aromatic N) is 1. The number of hydrogen-bond acceptors (Lipinski definition) is 2. The summed E-state index contributed by atoms with van der Waals surface area (Å²) < 4.78 is 13.5. The van der Waals surface area contributed by atoms with Crippen LogP contribution in [0.15, 0.2) is 78.4 Å². The molecule has 1 N–H and O–H groups in total. The van der Waals surface area contributed by atoms with E-state index in [2.05, 4.69) is 5.32 Å². The van der Waals surface area contributed by atoms with Gasteiger partial charge in [0, 0.05) is 10.7 Å². The zero-order valence-corrected chi connectivity index (χ0v) is 15.6. The largest absolute Gasteiger partial charge is 0.321 e. The molecule has 0 bridgehead atoms. The number of nitriles is 1. The first-order valence-corrected chi connectivity index (χ1v) is 8.94. The number of halogens is 2. The van der Waals surface area contributed by atoms with E-state index < -0.39 is 5.91 Å². The minimum atomic E-state index is -0.509. The Morgan fingerprint density at radius 3 is 2.57 bits per heavy atom. The van der Waals surface area contributed by atoms with Gasteiger partial charge in [-0.15, -0.1) is 0 Å². The van der Waals surface area contributed by atoms with Crippen molar-refractivity contribution in [2.45, 2.75) is 6.42 Å². The third kappa shape index (κ3) is 5.06. The van der Waals surface area contributed by atoms with Crippen molar-refractivity contribution in [1.29, 1.82) is 5.26 Å². The van der Waals surface area contributed by atoms with Crippen LogP contribution in [-0.4, -0.2) is 5.91 Å². The highest BCUT2D eigenvalue weighted by molar-refractivity contribution is 6.30. The van der Waals surface area contributed by atoms with E-state index in [4.69, 9.17) is 11.6 Å². The Bertz CT molecular complexity index is 1070. The molecule has 3 aromatic rings. The molecule has 0 aliphatic carbocycles. The first-order chi connectivity index (χ1) is 13.5. The van der Waals surface area contributed by atoms with Crippen LogP contribution in [0.5, 0.6) is 0 Å². The number of benzene rings is 3. The summed E-state index contributed by atoms with van der Waals surface area (Å²) in [5.41, 5.74) is 2.79. The van der Waals surface area contributed by atoms with Gasteiger partial charge >= 0.3 is 0 Å². The first-order valence-electron chi connectivity index (χ1n) is 8.56. The summed E-state index contributed by atoms with van der Waals surface area (Å²) in [5.74, 6) is -0.825. The molecular weight excluding hydrogens is 375 g/mol. The molecule has 3 nitrogen and oxygen atoms in total. The SMILES string of the molecule is N#C/C(=C\c1cc(Cl)ccc1Cc1cccc(F)c1)C(=O)Nc1ccccc1. The highest BCUT2D eigenvalue weighted by Crippen LogP contribution is 2.22. The number of nitrogens with one attached hydrogen (secondary N) is 1. The third-order valence-corrected chi connectivity index (χ3v) is 4.32. The molecule has 0 saturated carbocycles.